The highest BCUT2D eigenvalue weighted by molar-refractivity contribution is 7.80. The first kappa shape index (κ1) is 8.70. The number of hydrogen-bond donors (Lipinski definition) is 1. The normalized spacial score (nSPS) is 10.9. The Morgan fingerprint density at radius 3 is 2.85 bits per heavy atom. The molecule has 0 bridgehead atoms. The quantitative estimate of drug-likeness (QED) is 0.696. The molecule has 0 spiro atoms. The molecule has 0 aliphatic carbocycles. The van der Waals surface area contributed by atoms with Crippen LogP contribution in [0.4, 0.5) is 0 Å². The number of benzene rings is 1. The molecule has 0 unspecified atom stereocenters. The Hall–Kier alpha value is -0.890. The average Bonchev–Trinajstić information content (AvgIpc) is 2.46. The van der Waals surface area contributed by atoms with Crippen molar-refractivity contribution in [2.24, 2.45) is 7.05 Å². The van der Waals surface area contributed by atoms with Gasteiger partial charge in [-0.2, -0.15) is 12.6 Å². The first-order chi connectivity index (χ1) is 6.33. The van der Waals surface area contributed by atoms with E-state index in [4.69, 9.17) is 0 Å². The number of thiol groups is 1. The summed E-state index contributed by atoms with van der Waals surface area (Å²) in [5.41, 5.74) is 2.70. The summed E-state index contributed by atoms with van der Waals surface area (Å²) in [5, 5.41) is 1.36. The van der Waals surface area contributed by atoms with Crippen LogP contribution in [0.3, 0.4) is 0 Å². The molecule has 1 heterocycles. The number of hydrogen-bond acceptors (Lipinski definition) is 1. The summed E-state index contributed by atoms with van der Waals surface area (Å²) in [4.78, 5) is 0. The Balaban J connectivity index is 2.63. The first-order valence-corrected chi connectivity index (χ1v) is 5.10. The van der Waals surface area contributed by atoms with Gasteiger partial charge in [-0.15, -0.1) is 0 Å². The predicted octanol–water partition coefficient (Wildman–Crippen LogP) is 2.65. The molecule has 2 heteroatoms. The average molecular weight is 191 g/mol. The largest absolute Gasteiger partial charge is 0.350 e. The van der Waals surface area contributed by atoms with Gasteiger partial charge in [-0.25, -0.2) is 0 Å². The van der Waals surface area contributed by atoms with Gasteiger partial charge in [0, 0.05) is 24.1 Å². The van der Waals surface area contributed by atoms with Crippen molar-refractivity contribution in [2.75, 3.05) is 5.75 Å². The van der Waals surface area contributed by atoms with Crippen LogP contribution in [0, 0.1) is 0 Å². The molecule has 1 aromatic heterocycles. The molecule has 0 aliphatic rings. The van der Waals surface area contributed by atoms with E-state index in [0.29, 0.717) is 0 Å². The van der Waals surface area contributed by atoms with Crippen molar-refractivity contribution in [1.29, 1.82) is 0 Å². The van der Waals surface area contributed by atoms with E-state index in [1.807, 2.05) is 0 Å². The summed E-state index contributed by atoms with van der Waals surface area (Å²) < 4.78 is 2.17. The number of fused-ring (bicyclic) bond motifs is 1. The van der Waals surface area contributed by atoms with E-state index in [9.17, 15) is 0 Å². The Bertz CT molecular complexity index is 417. The summed E-state index contributed by atoms with van der Waals surface area (Å²) >= 11 is 4.26. The maximum atomic E-state index is 4.26. The topological polar surface area (TPSA) is 4.93 Å². The van der Waals surface area contributed by atoms with Crippen LogP contribution in [-0.4, -0.2) is 10.3 Å². The van der Waals surface area contributed by atoms with E-state index in [1.54, 1.807) is 0 Å². The van der Waals surface area contributed by atoms with E-state index in [0.717, 1.165) is 12.2 Å². The Kier molecular flexibility index (Phi) is 2.32. The van der Waals surface area contributed by atoms with Crippen molar-refractivity contribution in [3.63, 3.8) is 0 Å². The standard InChI is InChI=1S/C11H13NS/c1-12-8-9(6-7-13)10-4-2-3-5-11(10)12/h2-5,8,13H,6-7H2,1H3. The third kappa shape index (κ3) is 1.46. The second-order valence-electron chi connectivity index (χ2n) is 3.26. The van der Waals surface area contributed by atoms with Gasteiger partial charge in [0.15, 0.2) is 0 Å². The molecule has 0 saturated heterocycles. The maximum Gasteiger partial charge on any atom is 0.0480 e. The lowest BCUT2D eigenvalue weighted by molar-refractivity contribution is 0.956. The molecule has 2 rings (SSSR count). The van der Waals surface area contributed by atoms with Crippen molar-refractivity contribution >= 4 is 23.5 Å². The highest BCUT2D eigenvalue weighted by atomic mass is 32.1. The zero-order valence-electron chi connectivity index (χ0n) is 7.70. The molecule has 2 aromatic rings. The number of para-hydroxylation sites is 1. The van der Waals surface area contributed by atoms with E-state index < -0.39 is 0 Å². The molecular weight excluding hydrogens is 178 g/mol. The maximum absolute atomic E-state index is 4.26. The van der Waals surface area contributed by atoms with Crippen LogP contribution in [0.15, 0.2) is 30.5 Å². The number of aryl methyl sites for hydroxylation is 2. The fraction of sp³-hybridized carbons (Fsp3) is 0.273. The van der Waals surface area contributed by atoms with Gasteiger partial charge < -0.3 is 4.57 Å². The lowest BCUT2D eigenvalue weighted by atomic mass is 10.1. The smallest absolute Gasteiger partial charge is 0.0480 e. The van der Waals surface area contributed by atoms with Gasteiger partial charge in [0.05, 0.1) is 0 Å². The highest BCUT2D eigenvalue weighted by Gasteiger charge is 2.03. The lowest BCUT2D eigenvalue weighted by Crippen LogP contribution is -1.83. The number of nitrogens with zero attached hydrogens (tertiary/aromatic N) is 1. The minimum atomic E-state index is 0.911. The molecule has 0 aliphatic heterocycles. The zero-order valence-corrected chi connectivity index (χ0v) is 8.59. The molecule has 0 amide bonds. The van der Waals surface area contributed by atoms with E-state index in [2.05, 4.69) is 54.7 Å². The molecule has 68 valence electrons. The number of rotatable bonds is 2. The van der Waals surface area contributed by atoms with Gasteiger partial charge in [0.1, 0.15) is 0 Å². The number of aromatic nitrogens is 1. The van der Waals surface area contributed by atoms with Gasteiger partial charge >= 0.3 is 0 Å². The van der Waals surface area contributed by atoms with Crippen LogP contribution in [-0.2, 0) is 13.5 Å². The van der Waals surface area contributed by atoms with Crippen molar-refractivity contribution in [2.45, 2.75) is 6.42 Å². The predicted molar refractivity (Wildman–Crippen MR) is 60.5 cm³/mol. The van der Waals surface area contributed by atoms with Crippen molar-refractivity contribution in [3.8, 4) is 0 Å². The summed E-state index contributed by atoms with van der Waals surface area (Å²) in [6, 6.07) is 8.49. The molecule has 13 heavy (non-hydrogen) atoms. The van der Waals surface area contributed by atoms with Crippen LogP contribution in [0.2, 0.25) is 0 Å². The van der Waals surface area contributed by atoms with E-state index >= 15 is 0 Å². The van der Waals surface area contributed by atoms with Crippen LogP contribution in [0.25, 0.3) is 10.9 Å². The SMILES string of the molecule is Cn1cc(CCS)c2ccccc21. The second kappa shape index (κ2) is 3.46. The van der Waals surface area contributed by atoms with Crippen LogP contribution in [0.5, 0.6) is 0 Å². The zero-order chi connectivity index (χ0) is 9.26. The second-order valence-corrected chi connectivity index (χ2v) is 3.70. The van der Waals surface area contributed by atoms with Gasteiger partial charge in [-0.05, 0) is 23.8 Å². The van der Waals surface area contributed by atoms with E-state index in [1.165, 1.54) is 16.5 Å². The van der Waals surface area contributed by atoms with Gasteiger partial charge in [-0.1, -0.05) is 18.2 Å². The summed E-state index contributed by atoms with van der Waals surface area (Å²) in [5.74, 6) is 0.911. The Labute approximate surface area is 83.8 Å². The van der Waals surface area contributed by atoms with Gasteiger partial charge in [0.2, 0.25) is 0 Å². The fourth-order valence-corrected chi connectivity index (χ4v) is 1.99. The summed E-state index contributed by atoms with van der Waals surface area (Å²) in [6.45, 7) is 0. The molecule has 0 fully saturated rings. The monoisotopic (exact) mass is 191 g/mol. The molecule has 0 saturated carbocycles. The Morgan fingerprint density at radius 2 is 2.08 bits per heavy atom. The Morgan fingerprint density at radius 1 is 1.31 bits per heavy atom. The van der Waals surface area contributed by atoms with E-state index in [-0.39, 0.29) is 0 Å². The minimum Gasteiger partial charge on any atom is -0.350 e. The third-order valence-corrected chi connectivity index (χ3v) is 2.58. The molecule has 1 nitrogen and oxygen atoms in total. The fourth-order valence-electron chi connectivity index (χ4n) is 1.75. The van der Waals surface area contributed by atoms with Crippen molar-refractivity contribution < 1.29 is 0 Å². The molecule has 1 aromatic carbocycles. The molecule has 0 N–H and O–H groups in total. The van der Waals surface area contributed by atoms with Gasteiger partial charge in [-0.3, -0.25) is 0 Å². The van der Waals surface area contributed by atoms with Crippen LogP contribution < -0.4 is 0 Å². The van der Waals surface area contributed by atoms with Crippen LogP contribution in [0.1, 0.15) is 5.56 Å². The molecule has 0 atom stereocenters. The van der Waals surface area contributed by atoms with Crippen LogP contribution >= 0.6 is 12.6 Å². The van der Waals surface area contributed by atoms with Crippen molar-refractivity contribution in [3.05, 3.63) is 36.0 Å². The van der Waals surface area contributed by atoms with Crippen molar-refractivity contribution in [1.82, 2.24) is 4.57 Å². The van der Waals surface area contributed by atoms with Gasteiger partial charge in [0.25, 0.3) is 0 Å². The summed E-state index contributed by atoms with van der Waals surface area (Å²) in [6.07, 6.45) is 3.24. The first-order valence-electron chi connectivity index (χ1n) is 4.46. The molecule has 0 radical (unpaired) electrons. The summed E-state index contributed by atoms with van der Waals surface area (Å²) in [7, 11) is 2.09. The molecular formula is C11H13NS. The lowest BCUT2D eigenvalue weighted by Gasteiger charge is -1.94. The third-order valence-electron chi connectivity index (χ3n) is 2.36. The highest BCUT2D eigenvalue weighted by Crippen LogP contribution is 2.20. The minimum absolute atomic E-state index is 0.911.